The molecule has 112 valence electrons. The number of nitrogens with one attached hydrogen (secondary N) is 1. The molecule has 0 saturated heterocycles. The van der Waals surface area contributed by atoms with Crippen LogP contribution in [0.2, 0.25) is 10.0 Å². The van der Waals surface area contributed by atoms with Crippen molar-refractivity contribution in [3.05, 3.63) is 63.6 Å². The highest BCUT2D eigenvalue weighted by Gasteiger charge is 2.18. The van der Waals surface area contributed by atoms with E-state index in [1.165, 1.54) is 24.3 Å². The molecule has 1 N–H and O–H groups in total. The van der Waals surface area contributed by atoms with Gasteiger partial charge in [0.2, 0.25) is 10.0 Å². The lowest BCUT2D eigenvalue weighted by atomic mass is 10.2. The van der Waals surface area contributed by atoms with Crippen molar-refractivity contribution in [1.29, 1.82) is 0 Å². The van der Waals surface area contributed by atoms with Crippen LogP contribution in [0.1, 0.15) is 5.56 Å². The Bertz CT molecular complexity index is 764. The lowest BCUT2D eigenvalue weighted by Crippen LogP contribution is -2.24. The largest absolute Gasteiger partial charge is 0.240 e. The number of hydrogen-bond donors (Lipinski definition) is 1. The molecule has 0 radical (unpaired) electrons. The molecule has 0 spiro atoms. The zero-order valence-electron chi connectivity index (χ0n) is 10.4. The first-order valence-electron chi connectivity index (χ1n) is 5.69. The summed E-state index contributed by atoms with van der Waals surface area (Å²) in [6.07, 6.45) is 0. The number of hydrogen-bond acceptors (Lipinski definition) is 2. The summed E-state index contributed by atoms with van der Waals surface area (Å²) in [7, 11) is -3.91. The molecule has 0 bridgehead atoms. The van der Waals surface area contributed by atoms with Crippen LogP contribution in [0.15, 0.2) is 41.3 Å². The van der Waals surface area contributed by atoms with Crippen molar-refractivity contribution >= 4 is 33.2 Å². The zero-order chi connectivity index (χ0) is 15.6. The summed E-state index contributed by atoms with van der Waals surface area (Å²) < 4.78 is 53.3. The van der Waals surface area contributed by atoms with E-state index in [2.05, 4.69) is 4.72 Å². The van der Waals surface area contributed by atoms with E-state index in [0.717, 1.165) is 12.1 Å². The molecule has 21 heavy (non-hydrogen) atoms. The van der Waals surface area contributed by atoms with Crippen LogP contribution in [0.3, 0.4) is 0 Å². The molecule has 0 aliphatic rings. The molecule has 0 saturated carbocycles. The average molecular weight is 352 g/mol. The maximum absolute atomic E-state index is 13.7. The molecule has 3 nitrogen and oxygen atoms in total. The highest BCUT2D eigenvalue weighted by molar-refractivity contribution is 7.89. The van der Waals surface area contributed by atoms with E-state index >= 15 is 0 Å². The molecule has 2 aromatic rings. The highest BCUT2D eigenvalue weighted by Crippen LogP contribution is 2.21. The standard InChI is InChI=1S/C13H9Cl2F2NO2S/c14-8-1-3-9(4-2-8)21(19,20)18-7-10-12(16)6-5-11(15)13(10)17/h1-6,18H,7H2. The maximum atomic E-state index is 13.7. The molecule has 2 aromatic carbocycles. The lowest BCUT2D eigenvalue weighted by molar-refractivity contribution is 0.544. The van der Waals surface area contributed by atoms with Crippen LogP contribution in [0, 0.1) is 11.6 Å². The van der Waals surface area contributed by atoms with E-state index in [1.54, 1.807) is 0 Å². The first-order chi connectivity index (χ1) is 9.81. The molecule has 0 unspecified atom stereocenters. The average Bonchev–Trinajstić information content (AvgIpc) is 2.43. The summed E-state index contributed by atoms with van der Waals surface area (Å²) in [4.78, 5) is -0.0604. The molecular weight excluding hydrogens is 343 g/mol. The fourth-order valence-corrected chi connectivity index (χ4v) is 2.89. The predicted molar refractivity (Wildman–Crippen MR) is 76.8 cm³/mol. The monoisotopic (exact) mass is 351 g/mol. The first kappa shape index (κ1) is 16.2. The predicted octanol–water partition coefficient (Wildman–Crippen LogP) is 3.75. The highest BCUT2D eigenvalue weighted by atomic mass is 35.5. The summed E-state index contributed by atoms with van der Waals surface area (Å²) in [6.45, 7) is -0.552. The topological polar surface area (TPSA) is 46.2 Å². The summed E-state index contributed by atoms with van der Waals surface area (Å²) in [6, 6.07) is 7.40. The molecule has 0 heterocycles. The number of sulfonamides is 1. The fourth-order valence-electron chi connectivity index (χ4n) is 1.60. The van der Waals surface area contributed by atoms with Gasteiger partial charge in [-0.25, -0.2) is 21.9 Å². The van der Waals surface area contributed by atoms with Gasteiger partial charge in [0, 0.05) is 17.1 Å². The van der Waals surface area contributed by atoms with Crippen molar-refractivity contribution in [3.8, 4) is 0 Å². The Labute approximate surface area is 130 Å². The number of rotatable bonds is 4. The Morgan fingerprint density at radius 2 is 1.62 bits per heavy atom. The number of benzene rings is 2. The van der Waals surface area contributed by atoms with Crippen molar-refractivity contribution in [2.45, 2.75) is 11.4 Å². The quantitative estimate of drug-likeness (QED) is 0.852. The van der Waals surface area contributed by atoms with E-state index in [-0.39, 0.29) is 9.92 Å². The minimum Gasteiger partial charge on any atom is -0.207 e. The van der Waals surface area contributed by atoms with Gasteiger partial charge in [-0.2, -0.15) is 0 Å². The van der Waals surface area contributed by atoms with Crippen LogP contribution in [0.5, 0.6) is 0 Å². The first-order valence-corrected chi connectivity index (χ1v) is 7.93. The van der Waals surface area contributed by atoms with Gasteiger partial charge < -0.3 is 0 Å². The maximum Gasteiger partial charge on any atom is 0.240 e. The zero-order valence-corrected chi connectivity index (χ0v) is 12.7. The van der Waals surface area contributed by atoms with E-state index in [4.69, 9.17) is 23.2 Å². The van der Waals surface area contributed by atoms with Crippen molar-refractivity contribution < 1.29 is 17.2 Å². The van der Waals surface area contributed by atoms with Gasteiger partial charge in [0.15, 0.2) is 0 Å². The molecule has 0 fully saturated rings. The molecule has 0 amide bonds. The summed E-state index contributed by atoms with van der Waals surface area (Å²) in [5.41, 5.74) is -0.444. The van der Waals surface area contributed by atoms with Crippen molar-refractivity contribution in [3.63, 3.8) is 0 Å². The Balaban J connectivity index is 2.23. The Hall–Kier alpha value is -1.21. The van der Waals surface area contributed by atoms with Gasteiger partial charge in [-0.05, 0) is 36.4 Å². The van der Waals surface area contributed by atoms with E-state index in [0.29, 0.717) is 5.02 Å². The van der Waals surface area contributed by atoms with Gasteiger partial charge in [-0.1, -0.05) is 23.2 Å². The minimum absolute atomic E-state index is 0.0604. The normalized spacial score (nSPS) is 11.6. The smallest absolute Gasteiger partial charge is 0.207 e. The van der Waals surface area contributed by atoms with Crippen LogP contribution < -0.4 is 4.72 Å². The van der Waals surface area contributed by atoms with Gasteiger partial charge in [0.1, 0.15) is 11.6 Å². The van der Waals surface area contributed by atoms with Gasteiger partial charge >= 0.3 is 0 Å². The summed E-state index contributed by atoms with van der Waals surface area (Å²) >= 11 is 11.2. The molecular formula is C13H9Cl2F2NO2S. The lowest BCUT2D eigenvalue weighted by Gasteiger charge is -2.09. The molecule has 0 aromatic heterocycles. The minimum atomic E-state index is -3.91. The number of halogens is 4. The SMILES string of the molecule is O=S(=O)(NCc1c(F)ccc(Cl)c1F)c1ccc(Cl)cc1. The third-order valence-corrected chi connectivity index (χ3v) is 4.66. The van der Waals surface area contributed by atoms with E-state index in [9.17, 15) is 17.2 Å². The third-order valence-electron chi connectivity index (χ3n) is 2.70. The second-order valence-corrected chi connectivity index (χ2v) is 6.71. The second-order valence-electron chi connectivity index (χ2n) is 4.10. The van der Waals surface area contributed by atoms with E-state index in [1.807, 2.05) is 0 Å². The van der Waals surface area contributed by atoms with Crippen LogP contribution >= 0.6 is 23.2 Å². The Morgan fingerprint density at radius 3 is 2.24 bits per heavy atom. The second kappa shape index (κ2) is 6.27. The molecule has 2 rings (SSSR count). The van der Waals surface area contributed by atoms with Crippen LogP contribution in [0.4, 0.5) is 8.78 Å². The van der Waals surface area contributed by atoms with Gasteiger partial charge in [0.05, 0.1) is 9.92 Å². The summed E-state index contributed by atoms with van der Waals surface area (Å²) in [5.74, 6) is -1.87. The molecule has 8 heteroatoms. The Morgan fingerprint density at radius 1 is 1.00 bits per heavy atom. The third kappa shape index (κ3) is 3.71. The molecule has 0 aliphatic carbocycles. The molecule has 0 atom stereocenters. The van der Waals surface area contributed by atoms with Gasteiger partial charge in [-0.3, -0.25) is 0 Å². The summed E-state index contributed by atoms with van der Waals surface area (Å²) in [5, 5.41) is 0.0953. The van der Waals surface area contributed by atoms with Gasteiger partial charge in [0.25, 0.3) is 0 Å². The van der Waals surface area contributed by atoms with Crippen molar-refractivity contribution in [2.75, 3.05) is 0 Å². The van der Waals surface area contributed by atoms with E-state index < -0.39 is 33.8 Å². The Kier molecular flexibility index (Phi) is 4.83. The van der Waals surface area contributed by atoms with Crippen molar-refractivity contribution in [2.24, 2.45) is 0 Å². The van der Waals surface area contributed by atoms with Crippen molar-refractivity contribution in [1.82, 2.24) is 4.72 Å². The molecule has 0 aliphatic heterocycles. The fraction of sp³-hybridized carbons (Fsp3) is 0.0769. The van der Waals surface area contributed by atoms with Crippen LogP contribution in [-0.4, -0.2) is 8.42 Å². The van der Waals surface area contributed by atoms with Crippen LogP contribution in [-0.2, 0) is 16.6 Å². The van der Waals surface area contributed by atoms with Crippen LogP contribution in [0.25, 0.3) is 0 Å². The van der Waals surface area contributed by atoms with Gasteiger partial charge in [-0.15, -0.1) is 0 Å².